The Morgan fingerprint density at radius 1 is 1.19 bits per heavy atom. The van der Waals surface area contributed by atoms with E-state index in [9.17, 15) is 4.79 Å². The maximum absolute atomic E-state index is 13.6. The van der Waals surface area contributed by atoms with Crippen molar-refractivity contribution in [1.29, 1.82) is 0 Å². The molecule has 0 spiro atoms. The minimum Gasteiger partial charge on any atom is -0.381 e. The Morgan fingerprint density at radius 3 is 2.35 bits per heavy atom. The number of carbonyl (C=O) groups is 1. The number of carbonyl (C=O) groups excluding carboxylic acids is 1. The Hall–Kier alpha value is -2.14. The van der Waals surface area contributed by atoms with Crippen molar-refractivity contribution in [3.8, 4) is 0 Å². The molecule has 2 aromatic rings. The zero-order chi connectivity index (χ0) is 18.9. The molecule has 1 saturated heterocycles. The zero-order valence-corrected chi connectivity index (χ0v) is 16.5. The van der Waals surface area contributed by atoms with Gasteiger partial charge in [-0.1, -0.05) is 29.8 Å². The van der Waals surface area contributed by atoms with E-state index in [4.69, 9.17) is 4.74 Å². The first-order chi connectivity index (χ1) is 12.3. The molecule has 5 heteroatoms. The van der Waals surface area contributed by atoms with E-state index in [0.717, 1.165) is 35.4 Å². The number of hydrogen-bond acceptors (Lipinski definition) is 3. The molecule has 0 bridgehead atoms. The molecule has 1 aliphatic rings. The van der Waals surface area contributed by atoms with Gasteiger partial charge in [0, 0.05) is 45.1 Å². The summed E-state index contributed by atoms with van der Waals surface area (Å²) >= 11 is 0. The van der Waals surface area contributed by atoms with Gasteiger partial charge in [0.25, 0.3) is 0 Å². The molecule has 2 heterocycles. The lowest BCUT2D eigenvalue weighted by atomic mass is 9.73. The molecule has 26 heavy (non-hydrogen) atoms. The summed E-state index contributed by atoms with van der Waals surface area (Å²) in [6.07, 6.45) is 1.45. The Labute approximate surface area is 156 Å². The Balaban J connectivity index is 1.91. The molecule has 0 atom stereocenters. The van der Waals surface area contributed by atoms with E-state index in [2.05, 4.69) is 43.2 Å². The standard InChI is InChI=1S/C21H29N3O2/c1-15-6-8-18(9-7-15)21(10-12-26-13-11-21)20(25)23(4)14-19-16(2)22-24(5)17(19)3/h6-9H,10-14H2,1-5H3. The van der Waals surface area contributed by atoms with Crippen molar-refractivity contribution < 1.29 is 9.53 Å². The minimum atomic E-state index is -0.495. The van der Waals surface area contributed by atoms with E-state index in [1.165, 1.54) is 5.56 Å². The van der Waals surface area contributed by atoms with E-state index in [1.54, 1.807) is 0 Å². The average Bonchev–Trinajstić information content (AvgIpc) is 2.88. The lowest BCUT2D eigenvalue weighted by molar-refractivity contribution is -0.140. The van der Waals surface area contributed by atoms with Crippen LogP contribution in [0.1, 0.15) is 40.9 Å². The number of likely N-dealkylation sites (N-methyl/N-ethyl adjacent to an activating group) is 1. The number of rotatable bonds is 4. The number of ether oxygens (including phenoxy) is 1. The third-order valence-corrected chi connectivity index (χ3v) is 5.76. The number of hydrogen-bond donors (Lipinski definition) is 0. The molecule has 5 nitrogen and oxygen atoms in total. The molecule has 1 aromatic heterocycles. The fourth-order valence-corrected chi connectivity index (χ4v) is 3.94. The van der Waals surface area contributed by atoms with Crippen LogP contribution in [0.3, 0.4) is 0 Å². The first-order valence-corrected chi connectivity index (χ1v) is 9.24. The van der Waals surface area contributed by atoms with E-state index < -0.39 is 5.41 Å². The zero-order valence-electron chi connectivity index (χ0n) is 16.5. The molecule has 3 rings (SSSR count). The monoisotopic (exact) mass is 355 g/mol. The van der Waals surface area contributed by atoms with Gasteiger partial charge in [-0.25, -0.2) is 0 Å². The molecule has 0 saturated carbocycles. The first kappa shape index (κ1) is 18.6. The molecular formula is C21H29N3O2. The van der Waals surface area contributed by atoms with Gasteiger partial charge in [-0.2, -0.15) is 5.10 Å². The summed E-state index contributed by atoms with van der Waals surface area (Å²) < 4.78 is 7.46. The third kappa shape index (κ3) is 3.28. The Bertz CT molecular complexity index is 786. The summed E-state index contributed by atoms with van der Waals surface area (Å²) in [6.45, 7) is 7.96. The molecular weight excluding hydrogens is 326 g/mol. The van der Waals surface area contributed by atoms with Gasteiger partial charge in [-0.3, -0.25) is 9.48 Å². The second-order valence-corrected chi connectivity index (χ2v) is 7.49. The quantitative estimate of drug-likeness (QED) is 0.847. The van der Waals surface area contributed by atoms with Gasteiger partial charge in [0.05, 0.1) is 11.1 Å². The van der Waals surface area contributed by atoms with Crippen LogP contribution in [-0.4, -0.2) is 40.8 Å². The van der Waals surface area contributed by atoms with E-state index in [1.807, 2.05) is 30.6 Å². The normalized spacial score (nSPS) is 16.5. The lowest BCUT2D eigenvalue weighted by Crippen LogP contribution is -2.48. The molecule has 0 radical (unpaired) electrons. The van der Waals surface area contributed by atoms with Gasteiger partial charge < -0.3 is 9.64 Å². The second kappa shape index (κ2) is 7.23. The highest BCUT2D eigenvalue weighted by Gasteiger charge is 2.43. The molecule has 140 valence electrons. The van der Waals surface area contributed by atoms with Gasteiger partial charge in [0.2, 0.25) is 5.91 Å². The van der Waals surface area contributed by atoms with Crippen LogP contribution in [-0.2, 0) is 28.5 Å². The average molecular weight is 355 g/mol. The molecule has 1 aromatic carbocycles. The van der Waals surface area contributed by atoms with Gasteiger partial charge in [0.1, 0.15) is 0 Å². The summed E-state index contributed by atoms with van der Waals surface area (Å²) in [5.74, 6) is 0.173. The van der Waals surface area contributed by atoms with Crippen LogP contribution in [0.15, 0.2) is 24.3 Å². The third-order valence-electron chi connectivity index (χ3n) is 5.76. The molecule has 1 amide bonds. The molecule has 0 N–H and O–H groups in total. The van der Waals surface area contributed by atoms with Crippen LogP contribution in [0, 0.1) is 20.8 Å². The summed E-state index contributed by atoms with van der Waals surface area (Å²) in [5, 5.41) is 4.48. The number of aryl methyl sites for hydroxylation is 3. The summed E-state index contributed by atoms with van der Waals surface area (Å²) in [5.41, 5.74) is 5.04. The van der Waals surface area contributed by atoms with Crippen LogP contribution < -0.4 is 0 Å². The van der Waals surface area contributed by atoms with Crippen molar-refractivity contribution in [2.45, 2.75) is 45.6 Å². The minimum absolute atomic E-state index is 0.173. The molecule has 0 unspecified atom stereocenters. The van der Waals surface area contributed by atoms with Gasteiger partial charge in [-0.15, -0.1) is 0 Å². The SMILES string of the molecule is Cc1ccc(C2(C(=O)N(C)Cc3c(C)nn(C)c3C)CCOCC2)cc1. The lowest BCUT2D eigenvalue weighted by Gasteiger charge is -2.39. The summed E-state index contributed by atoms with van der Waals surface area (Å²) in [4.78, 5) is 15.4. The van der Waals surface area contributed by atoms with Crippen molar-refractivity contribution in [1.82, 2.24) is 14.7 Å². The number of aromatic nitrogens is 2. The number of nitrogens with zero attached hydrogens (tertiary/aromatic N) is 3. The maximum atomic E-state index is 13.6. The van der Waals surface area contributed by atoms with E-state index in [-0.39, 0.29) is 5.91 Å². The number of benzene rings is 1. The Kier molecular flexibility index (Phi) is 5.19. The molecule has 0 aliphatic carbocycles. The van der Waals surface area contributed by atoms with Crippen molar-refractivity contribution >= 4 is 5.91 Å². The predicted molar refractivity (Wildman–Crippen MR) is 102 cm³/mol. The fourth-order valence-electron chi connectivity index (χ4n) is 3.94. The van der Waals surface area contributed by atoms with Crippen molar-refractivity contribution in [3.05, 3.63) is 52.3 Å². The fraction of sp³-hybridized carbons (Fsp3) is 0.524. The summed E-state index contributed by atoms with van der Waals surface area (Å²) in [7, 11) is 3.85. The van der Waals surface area contributed by atoms with Crippen molar-refractivity contribution in [2.75, 3.05) is 20.3 Å². The van der Waals surface area contributed by atoms with Gasteiger partial charge >= 0.3 is 0 Å². The van der Waals surface area contributed by atoms with E-state index in [0.29, 0.717) is 19.8 Å². The second-order valence-electron chi connectivity index (χ2n) is 7.49. The molecule has 1 fully saturated rings. The summed E-state index contributed by atoms with van der Waals surface area (Å²) in [6, 6.07) is 8.39. The van der Waals surface area contributed by atoms with Crippen LogP contribution in [0.5, 0.6) is 0 Å². The highest BCUT2D eigenvalue weighted by Crippen LogP contribution is 2.37. The number of amides is 1. The predicted octanol–water partition coefficient (Wildman–Crippen LogP) is 3.05. The van der Waals surface area contributed by atoms with Crippen molar-refractivity contribution in [3.63, 3.8) is 0 Å². The Morgan fingerprint density at radius 2 is 1.81 bits per heavy atom. The highest BCUT2D eigenvalue weighted by molar-refractivity contribution is 5.88. The van der Waals surface area contributed by atoms with Gasteiger partial charge in [-0.05, 0) is 39.2 Å². The topological polar surface area (TPSA) is 47.4 Å². The van der Waals surface area contributed by atoms with Gasteiger partial charge in [0.15, 0.2) is 0 Å². The van der Waals surface area contributed by atoms with E-state index >= 15 is 0 Å². The van der Waals surface area contributed by atoms with Crippen LogP contribution in [0.25, 0.3) is 0 Å². The van der Waals surface area contributed by atoms with Crippen molar-refractivity contribution in [2.24, 2.45) is 7.05 Å². The van der Waals surface area contributed by atoms with Crippen LogP contribution >= 0.6 is 0 Å². The molecule has 1 aliphatic heterocycles. The van der Waals surface area contributed by atoms with Crippen LogP contribution in [0.2, 0.25) is 0 Å². The smallest absolute Gasteiger partial charge is 0.233 e. The first-order valence-electron chi connectivity index (χ1n) is 9.24. The largest absolute Gasteiger partial charge is 0.381 e. The highest BCUT2D eigenvalue weighted by atomic mass is 16.5. The maximum Gasteiger partial charge on any atom is 0.233 e. The van der Waals surface area contributed by atoms with Crippen LogP contribution in [0.4, 0.5) is 0 Å².